The number of aryl methyl sites for hydroxylation is 1. The minimum absolute atomic E-state index is 0.132. The Labute approximate surface area is 129 Å². The van der Waals surface area contributed by atoms with Crippen molar-refractivity contribution < 1.29 is 12.6 Å². The van der Waals surface area contributed by atoms with Gasteiger partial charge in [0.25, 0.3) is 0 Å². The first kappa shape index (κ1) is 14.6. The molecule has 0 fully saturated rings. The van der Waals surface area contributed by atoms with E-state index in [2.05, 4.69) is 31.9 Å². The summed E-state index contributed by atoms with van der Waals surface area (Å²) in [6.45, 7) is 1.89. The summed E-state index contributed by atoms with van der Waals surface area (Å²) in [4.78, 5) is 0.132. The Morgan fingerprint density at radius 2 is 1.63 bits per heavy atom. The zero-order chi connectivity index (χ0) is 14.0. The summed E-state index contributed by atoms with van der Waals surface area (Å²) in [6, 6.07) is 11.5. The molecule has 2 aromatic rings. The fourth-order valence-electron chi connectivity index (χ4n) is 1.41. The lowest BCUT2D eigenvalue weighted by atomic mass is 10.2. The Kier molecular flexibility index (Phi) is 4.32. The van der Waals surface area contributed by atoms with Crippen molar-refractivity contribution in [1.82, 2.24) is 0 Å². The lowest BCUT2D eigenvalue weighted by molar-refractivity contribution is 0.484. The third-order valence-electron chi connectivity index (χ3n) is 2.40. The van der Waals surface area contributed by atoms with Gasteiger partial charge >= 0.3 is 10.1 Å². The molecule has 0 amide bonds. The summed E-state index contributed by atoms with van der Waals surface area (Å²) in [7, 11) is -3.81. The average Bonchev–Trinajstić information content (AvgIpc) is 2.33. The van der Waals surface area contributed by atoms with E-state index in [4.69, 9.17) is 4.18 Å². The van der Waals surface area contributed by atoms with Crippen molar-refractivity contribution in [3.05, 3.63) is 57.0 Å². The van der Waals surface area contributed by atoms with Gasteiger partial charge in [0.2, 0.25) is 0 Å². The van der Waals surface area contributed by atoms with Crippen molar-refractivity contribution in [3.8, 4) is 5.75 Å². The molecule has 0 spiro atoms. The van der Waals surface area contributed by atoms with Crippen LogP contribution in [0.3, 0.4) is 0 Å². The van der Waals surface area contributed by atoms with Crippen LogP contribution in [0.5, 0.6) is 5.75 Å². The first-order chi connectivity index (χ1) is 8.88. The SMILES string of the molecule is Cc1ccc(S(=O)(=O)Oc2ccc(Br)cc2Br)cc1. The number of hydrogen-bond acceptors (Lipinski definition) is 3. The van der Waals surface area contributed by atoms with Gasteiger partial charge in [-0.15, -0.1) is 0 Å². The van der Waals surface area contributed by atoms with Crippen molar-refractivity contribution in [2.24, 2.45) is 0 Å². The van der Waals surface area contributed by atoms with Crippen LogP contribution >= 0.6 is 31.9 Å². The van der Waals surface area contributed by atoms with Gasteiger partial charge in [-0.1, -0.05) is 33.6 Å². The van der Waals surface area contributed by atoms with Crippen LogP contribution in [0.2, 0.25) is 0 Å². The predicted octanol–water partition coefficient (Wildman–Crippen LogP) is 4.29. The summed E-state index contributed by atoms with van der Waals surface area (Å²) in [5, 5.41) is 0. The van der Waals surface area contributed by atoms with Crippen molar-refractivity contribution >= 4 is 42.0 Å². The highest BCUT2D eigenvalue weighted by Crippen LogP contribution is 2.30. The van der Waals surface area contributed by atoms with Crippen molar-refractivity contribution in [3.63, 3.8) is 0 Å². The Morgan fingerprint density at radius 3 is 2.21 bits per heavy atom. The summed E-state index contributed by atoms with van der Waals surface area (Å²) in [5.74, 6) is 0.253. The Balaban J connectivity index is 2.33. The molecule has 0 radical (unpaired) electrons. The van der Waals surface area contributed by atoms with Crippen LogP contribution in [-0.2, 0) is 10.1 Å². The molecule has 0 saturated heterocycles. The number of halogens is 2. The second-order valence-electron chi connectivity index (χ2n) is 3.93. The highest BCUT2D eigenvalue weighted by atomic mass is 79.9. The number of rotatable bonds is 3. The van der Waals surface area contributed by atoms with Crippen LogP contribution in [0.25, 0.3) is 0 Å². The predicted molar refractivity (Wildman–Crippen MR) is 80.8 cm³/mol. The van der Waals surface area contributed by atoms with Gasteiger partial charge in [-0.2, -0.15) is 8.42 Å². The minimum atomic E-state index is -3.81. The molecule has 0 aliphatic carbocycles. The molecule has 0 N–H and O–H groups in total. The topological polar surface area (TPSA) is 43.4 Å². The summed E-state index contributed by atoms with van der Waals surface area (Å²) in [5.41, 5.74) is 0.990. The molecule has 100 valence electrons. The maximum atomic E-state index is 12.1. The normalized spacial score (nSPS) is 11.3. The quantitative estimate of drug-likeness (QED) is 0.715. The molecule has 0 aliphatic heterocycles. The van der Waals surface area contributed by atoms with E-state index in [-0.39, 0.29) is 10.6 Å². The second kappa shape index (κ2) is 5.64. The Hall–Kier alpha value is -0.850. The van der Waals surface area contributed by atoms with E-state index in [9.17, 15) is 8.42 Å². The molecular formula is C13H10Br2O3S. The van der Waals surface area contributed by atoms with E-state index in [1.807, 2.05) is 6.92 Å². The number of benzene rings is 2. The molecule has 2 aromatic carbocycles. The second-order valence-corrected chi connectivity index (χ2v) is 7.24. The lowest BCUT2D eigenvalue weighted by Crippen LogP contribution is -2.10. The fourth-order valence-corrected chi connectivity index (χ4v) is 3.60. The van der Waals surface area contributed by atoms with E-state index in [0.717, 1.165) is 10.0 Å². The van der Waals surface area contributed by atoms with E-state index >= 15 is 0 Å². The third-order valence-corrected chi connectivity index (χ3v) is 4.76. The Morgan fingerprint density at radius 1 is 1.00 bits per heavy atom. The molecule has 2 rings (SSSR count). The van der Waals surface area contributed by atoms with E-state index in [1.54, 1.807) is 30.3 Å². The lowest BCUT2D eigenvalue weighted by Gasteiger charge is -2.09. The smallest absolute Gasteiger partial charge is 0.339 e. The zero-order valence-electron chi connectivity index (χ0n) is 9.93. The van der Waals surface area contributed by atoms with Crippen LogP contribution in [-0.4, -0.2) is 8.42 Å². The first-order valence-corrected chi connectivity index (χ1v) is 8.34. The third kappa shape index (κ3) is 3.58. The molecule has 3 nitrogen and oxygen atoms in total. The van der Waals surface area contributed by atoms with Gasteiger partial charge < -0.3 is 4.18 Å². The highest BCUT2D eigenvalue weighted by Gasteiger charge is 2.17. The molecule has 6 heteroatoms. The van der Waals surface area contributed by atoms with Crippen LogP contribution in [0, 0.1) is 6.92 Å². The number of hydrogen-bond donors (Lipinski definition) is 0. The monoisotopic (exact) mass is 404 g/mol. The molecule has 0 atom stereocenters. The molecular weight excluding hydrogens is 396 g/mol. The average molecular weight is 406 g/mol. The van der Waals surface area contributed by atoms with Crippen LogP contribution in [0.4, 0.5) is 0 Å². The maximum absolute atomic E-state index is 12.1. The van der Waals surface area contributed by atoms with Gasteiger partial charge in [-0.05, 0) is 53.2 Å². The first-order valence-electron chi connectivity index (χ1n) is 5.35. The highest BCUT2D eigenvalue weighted by molar-refractivity contribution is 9.11. The van der Waals surface area contributed by atoms with E-state index < -0.39 is 10.1 Å². The standard InChI is InChI=1S/C13H10Br2O3S/c1-9-2-5-11(6-3-9)19(16,17)18-13-7-4-10(14)8-12(13)15/h2-8H,1H3. The fraction of sp³-hybridized carbons (Fsp3) is 0.0769. The van der Waals surface area contributed by atoms with Gasteiger partial charge in [0, 0.05) is 4.47 Å². The van der Waals surface area contributed by atoms with Gasteiger partial charge in [-0.3, -0.25) is 0 Å². The van der Waals surface area contributed by atoms with Crippen LogP contribution in [0.1, 0.15) is 5.56 Å². The van der Waals surface area contributed by atoms with Crippen molar-refractivity contribution in [1.29, 1.82) is 0 Å². The molecule has 0 saturated carbocycles. The molecule has 0 heterocycles. The summed E-state index contributed by atoms with van der Waals surface area (Å²) < 4.78 is 30.7. The molecule has 19 heavy (non-hydrogen) atoms. The van der Waals surface area contributed by atoms with E-state index in [0.29, 0.717) is 4.47 Å². The van der Waals surface area contributed by atoms with Crippen LogP contribution in [0.15, 0.2) is 56.3 Å². The van der Waals surface area contributed by atoms with Crippen molar-refractivity contribution in [2.45, 2.75) is 11.8 Å². The van der Waals surface area contributed by atoms with Gasteiger partial charge in [-0.25, -0.2) is 0 Å². The molecule has 0 aliphatic rings. The summed E-state index contributed by atoms with van der Waals surface area (Å²) in [6.07, 6.45) is 0. The van der Waals surface area contributed by atoms with Gasteiger partial charge in [0.05, 0.1) is 4.47 Å². The van der Waals surface area contributed by atoms with Crippen LogP contribution < -0.4 is 4.18 Å². The largest absolute Gasteiger partial charge is 0.378 e. The van der Waals surface area contributed by atoms with Gasteiger partial charge in [0.1, 0.15) is 4.90 Å². The summed E-state index contributed by atoms with van der Waals surface area (Å²) >= 11 is 6.56. The minimum Gasteiger partial charge on any atom is -0.378 e. The maximum Gasteiger partial charge on any atom is 0.339 e. The Bertz CT molecular complexity index is 694. The van der Waals surface area contributed by atoms with Crippen molar-refractivity contribution in [2.75, 3.05) is 0 Å². The van der Waals surface area contributed by atoms with E-state index in [1.165, 1.54) is 12.1 Å². The molecule has 0 bridgehead atoms. The van der Waals surface area contributed by atoms with Gasteiger partial charge in [0.15, 0.2) is 5.75 Å². The zero-order valence-corrected chi connectivity index (χ0v) is 13.9. The molecule has 0 unspecified atom stereocenters. The molecule has 0 aromatic heterocycles.